The zero-order valence-corrected chi connectivity index (χ0v) is 17.5. The van der Waals surface area contributed by atoms with Gasteiger partial charge in [0.1, 0.15) is 5.56 Å². The first-order chi connectivity index (χ1) is 14.3. The molecule has 3 aromatic rings. The van der Waals surface area contributed by atoms with Crippen LogP contribution in [0.1, 0.15) is 33.3 Å². The number of fused-ring (bicyclic) bond motifs is 1. The third-order valence-electron chi connectivity index (χ3n) is 5.19. The van der Waals surface area contributed by atoms with Crippen LogP contribution in [0.5, 0.6) is 0 Å². The van der Waals surface area contributed by atoms with Crippen molar-refractivity contribution in [3.8, 4) is 0 Å². The van der Waals surface area contributed by atoms with Crippen molar-refractivity contribution in [3.63, 3.8) is 0 Å². The molecule has 10 heteroatoms. The van der Waals surface area contributed by atoms with Gasteiger partial charge in [-0.2, -0.15) is 9.40 Å². The van der Waals surface area contributed by atoms with Gasteiger partial charge in [-0.05, 0) is 32.0 Å². The van der Waals surface area contributed by atoms with Gasteiger partial charge >= 0.3 is 0 Å². The van der Waals surface area contributed by atoms with Crippen LogP contribution >= 0.6 is 0 Å². The molecule has 0 spiro atoms. The summed E-state index contributed by atoms with van der Waals surface area (Å²) in [5.74, 6) is -0.406. The average Bonchev–Trinajstić information content (AvgIpc) is 3.09. The number of piperazine rings is 1. The molecule has 0 unspecified atom stereocenters. The lowest BCUT2D eigenvalue weighted by molar-refractivity contribution is 0.0698. The molecule has 30 heavy (non-hydrogen) atoms. The van der Waals surface area contributed by atoms with Gasteiger partial charge in [-0.25, -0.2) is 17.9 Å². The summed E-state index contributed by atoms with van der Waals surface area (Å²) in [7, 11) is -3.75. The van der Waals surface area contributed by atoms with E-state index in [1.165, 1.54) is 23.4 Å². The Morgan fingerprint density at radius 2 is 1.80 bits per heavy atom. The standard InChI is InChI=1S/C20H21N5O4S/c1-14-18(19-21-7-4-8-25(19)22-14)20(27)23-9-11-24(12-10-23)30(28,29)17-6-3-5-16(13-17)15(2)26/h3-8,13H,9-12H2,1-2H3. The molecule has 1 aliphatic rings. The molecule has 0 N–H and O–H groups in total. The van der Waals surface area contributed by atoms with Gasteiger partial charge in [-0.3, -0.25) is 9.59 Å². The number of benzene rings is 1. The Kier molecular flexibility index (Phi) is 5.12. The van der Waals surface area contributed by atoms with Crippen LogP contribution in [0, 0.1) is 6.92 Å². The maximum absolute atomic E-state index is 13.1. The predicted molar refractivity (Wildman–Crippen MR) is 109 cm³/mol. The van der Waals surface area contributed by atoms with E-state index in [-0.39, 0.29) is 42.8 Å². The van der Waals surface area contributed by atoms with E-state index in [0.29, 0.717) is 22.5 Å². The van der Waals surface area contributed by atoms with Crippen molar-refractivity contribution in [2.24, 2.45) is 0 Å². The zero-order chi connectivity index (χ0) is 21.5. The van der Waals surface area contributed by atoms with Gasteiger partial charge in [0.2, 0.25) is 10.0 Å². The van der Waals surface area contributed by atoms with E-state index < -0.39 is 10.0 Å². The van der Waals surface area contributed by atoms with Crippen LogP contribution in [0.15, 0.2) is 47.6 Å². The predicted octanol–water partition coefficient (Wildman–Crippen LogP) is 1.39. The Balaban J connectivity index is 1.52. The fraction of sp³-hybridized carbons (Fsp3) is 0.300. The second-order valence-corrected chi connectivity index (χ2v) is 9.07. The normalized spacial score (nSPS) is 15.5. The van der Waals surface area contributed by atoms with E-state index in [1.807, 2.05) is 0 Å². The van der Waals surface area contributed by atoms with Crippen molar-refractivity contribution in [2.75, 3.05) is 26.2 Å². The molecule has 1 saturated heterocycles. The highest BCUT2D eigenvalue weighted by atomic mass is 32.2. The highest BCUT2D eigenvalue weighted by Gasteiger charge is 2.32. The van der Waals surface area contributed by atoms with E-state index in [0.717, 1.165) is 0 Å². The van der Waals surface area contributed by atoms with Crippen molar-refractivity contribution >= 4 is 27.4 Å². The largest absolute Gasteiger partial charge is 0.336 e. The Bertz CT molecular complexity index is 1240. The smallest absolute Gasteiger partial charge is 0.259 e. The lowest BCUT2D eigenvalue weighted by atomic mass is 10.2. The zero-order valence-electron chi connectivity index (χ0n) is 16.6. The van der Waals surface area contributed by atoms with E-state index >= 15 is 0 Å². The second-order valence-electron chi connectivity index (χ2n) is 7.13. The summed E-state index contributed by atoms with van der Waals surface area (Å²) < 4.78 is 28.9. The van der Waals surface area contributed by atoms with Crippen LogP contribution in [-0.4, -0.2) is 70.1 Å². The van der Waals surface area contributed by atoms with Gasteiger partial charge in [0.05, 0.1) is 10.6 Å². The second kappa shape index (κ2) is 7.62. The molecule has 1 aliphatic heterocycles. The van der Waals surface area contributed by atoms with Gasteiger partial charge < -0.3 is 4.90 Å². The van der Waals surface area contributed by atoms with E-state index in [4.69, 9.17) is 0 Å². The van der Waals surface area contributed by atoms with Crippen LogP contribution in [0.2, 0.25) is 0 Å². The quantitative estimate of drug-likeness (QED) is 0.583. The topological polar surface area (TPSA) is 105 Å². The number of hydrogen-bond donors (Lipinski definition) is 0. The molecule has 0 aliphatic carbocycles. The number of ketones is 1. The number of nitrogens with zero attached hydrogens (tertiary/aromatic N) is 5. The number of aryl methyl sites for hydroxylation is 1. The number of sulfonamides is 1. The summed E-state index contributed by atoms with van der Waals surface area (Å²) in [4.78, 5) is 30.6. The van der Waals surface area contributed by atoms with Gasteiger partial charge in [0, 0.05) is 44.1 Å². The maximum Gasteiger partial charge on any atom is 0.259 e. The van der Waals surface area contributed by atoms with Crippen molar-refractivity contribution in [2.45, 2.75) is 18.7 Å². The van der Waals surface area contributed by atoms with Crippen LogP contribution in [-0.2, 0) is 10.0 Å². The SMILES string of the molecule is CC(=O)c1cccc(S(=O)(=O)N2CCN(C(=O)c3c(C)nn4cccnc34)CC2)c1. The Labute approximate surface area is 174 Å². The molecule has 2 aromatic heterocycles. The number of carbonyl (C=O) groups excluding carboxylic acids is 2. The number of carbonyl (C=O) groups is 2. The molecule has 1 aromatic carbocycles. The molecule has 1 fully saturated rings. The van der Waals surface area contributed by atoms with Gasteiger partial charge in [-0.15, -0.1) is 0 Å². The number of aromatic nitrogens is 3. The maximum atomic E-state index is 13.1. The molecule has 156 valence electrons. The van der Waals surface area contributed by atoms with Crippen LogP contribution in [0.3, 0.4) is 0 Å². The fourth-order valence-corrected chi connectivity index (χ4v) is 5.03. The molecule has 0 saturated carbocycles. The van der Waals surface area contributed by atoms with E-state index in [1.54, 1.807) is 46.9 Å². The average molecular weight is 427 g/mol. The van der Waals surface area contributed by atoms with Crippen molar-refractivity contribution < 1.29 is 18.0 Å². The van der Waals surface area contributed by atoms with E-state index in [9.17, 15) is 18.0 Å². The molecule has 0 radical (unpaired) electrons. The minimum atomic E-state index is -3.75. The third-order valence-corrected chi connectivity index (χ3v) is 7.08. The third kappa shape index (κ3) is 3.48. The Hall–Kier alpha value is -3.11. The summed E-state index contributed by atoms with van der Waals surface area (Å²) in [5, 5.41) is 4.32. The molecule has 0 bridgehead atoms. The highest BCUT2D eigenvalue weighted by molar-refractivity contribution is 7.89. The molecule has 9 nitrogen and oxygen atoms in total. The number of amides is 1. The summed E-state index contributed by atoms with van der Waals surface area (Å²) in [6.07, 6.45) is 3.33. The molecule has 3 heterocycles. The minimum Gasteiger partial charge on any atom is -0.336 e. The molecular formula is C20H21N5O4S. The van der Waals surface area contributed by atoms with Gasteiger partial charge in [0.15, 0.2) is 11.4 Å². The molecule has 1 amide bonds. The van der Waals surface area contributed by atoms with Gasteiger partial charge in [-0.1, -0.05) is 12.1 Å². The van der Waals surface area contributed by atoms with Crippen molar-refractivity contribution in [3.05, 3.63) is 59.5 Å². The lowest BCUT2D eigenvalue weighted by Crippen LogP contribution is -2.50. The minimum absolute atomic E-state index is 0.0812. The number of Topliss-reactive ketones (excluding diaryl/α,β-unsaturated/α-hetero) is 1. The Morgan fingerprint density at radius 1 is 1.07 bits per heavy atom. The Morgan fingerprint density at radius 3 is 2.50 bits per heavy atom. The van der Waals surface area contributed by atoms with Crippen LogP contribution < -0.4 is 0 Å². The molecule has 4 rings (SSSR count). The van der Waals surface area contributed by atoms with Crippen LogP contribution in [0.25, 0.3) is 5.65 Å². The fourth-order valence-electron chi connectivity index (χ4n) is 3.56. The monoisotopic (exact) mass is 427 g/mol. The highest BCUT2D eigenvalue weighted by Crippen LogP contribution is 2.21. The first-order valence-corrected chi connectivity index (χ1v) is 10.9. The molecule has 0 atom stereocenters. The lowest BCUT2D eigenvalue weighted by Gasteiger charge is -2.34. The number of rotatable bonds is 4. The summed E-state index contributed by atoms with van der Waals surface area (Å²) >= 11 is 0. The van der Waals surface area contributed by atoms with Crippen LogP contribution in [0.4, 0.5) is 0 Å². The number of hydrogen-bond acceptors (Lipinski definition) is 6. The molecular weight excluding hydrogens is 406 g/mol. The van der Waals surface area contributed by atoms with Gasteiger partial charge in [0.25, 0.3) is 5.91 Å². The summed E-state index contributed by atoms with van der Waals surface area (Å²) in [5.41, 5.74) is 1.84. The summed E-state index contributed by atoms with van der Waals surface area (Å²) in [6.45, 7) is 4.01. The van der Waals surface area contributed by atoms with E-state index in [2.05, 4.69) is 10.1 Å². The summed E-state index contributed by atoms with van der Waals surface area (Å²) in [6, 6.07) is 7.75. The first kappa shape index (κ1) is 20.2. The first-order valence-electron chi connectivity index (χ1n) is 9.49. The van der Waals surface area contributed by atoms with Crippen molar-refractivity contribution in [1.82, 2.24) is 23.8 Å². The van der Waals surface area contributed by atoms with Crippen molar-refractivity contribution in [1.29, 1.82) is 0 Å².